The molecule has 5 aromatic carbocycles. The van der Waals surface area contributed by atoms with Crippen molar-refractivity contribution in [1.82, 2.24) is 0 Å². The first-order chi connectivity index (χ1) is 15.8. The third-order valence-corrected chi connectivity index (χ3v) is 7.37. The quantitative estimate of drug-likeness (QED) is 0.197. The summed E-state index contributed by atoms with van der Waals surface area (Å²) in [7, 11) is 0. The number of benzene rings is 4. The summed E-state index contributed by atoms with van der Waals surface area (Å²) in [6, 6.07) is 49.3. The average molecular weight is 646 g/mol. The normalized spacial score (nSPS) is 9.94. The van der Waals surface area contributed by atoms with E-state index in [0.717, 1.165) is 30.3 Å². The molecule has 3 heteroatoms. The largest absolute Gasteiger partial charge is 0.214 e. The molecule has 168 valence electrons. The molecule has 0 unspecified atom stereocenters. The standard InChI is InChI=1S/C13H9.C13H10.C5H5.2ClH.Hf/c1-3-7-12-10(5-1)9-11-6-2-4-8-13(11)12;1-3-7-12(8-4-1)11-13-9-5-2-6-10-13;1-2-4-5-3-1;;;/h1-5,7-8H,9H2;1-10H;1-5H;2*1H;/q-1;;-1;;;+2/p-2. The summed E-state index contributed by atoms with van der Waals surface area (Å²) >= 11 is 1.08. The Hall–Kier alpha value is -2.45. The van der Waals surface area contributed by atoms with Crippen molar-refractivity contribution in [2.45, 2.75) is 6.42 Å². The number of fused-ring (bicyclic) bond motifs is 3. The van der Waals surface area contributed by atoms with Crippen LogP contribution in [0.1, 0.15) is 22.3 Å². The predicted molar refractivity (Wildman–Crippen MR) is 132 cm³/mol. The molecule has 0 heterocycles. The van der Waals surface area contributed by atoms with Gasteiger partial charge in [0.15, 0.2) is 0 Å². The van der Waals surface area contributed by atoms with Gasteiger partial charge in [-0.05, 0) is 6.42 Å². The molecule has 0 bridgehead atoms. The molecule has 1 aliphatic carbocycles. The summed E-state index contributed by atoms with van der Waals surface area (Å²) in [5.74, 6) is 0. The van der Waals surface area contributed by atoms with Crippen molar-refractivity contribution in [2.75, 3.05) is 0 Å². The van der Waals surface area contributed by atoms with Crippen molar-refractivity contribution in [2.24, 2.45) is 0 Å². The van der Waals surface area contributed by atoms with Gasteiger partial charge in [-0.25, -0.2) is 12.1 Å². The zero-order valence-corrected chi connectivity index (χ0v) is 23.8. The van der Waals surface area contributed by atoms with E-state index in [-0.39, 0.29) is 24.8 Å². The Balaban J connectivity index is 0.000000191. The van der Waals surface area contributed by atoms with Crippen LogP contribution in [0, 0.1) is 6.07 Å². The summed E-state index contributed by atoms with van der Waals surface area (Å²) in [5, 5.41) is 0. The van der Waals surface area contributed by atoms with Crippen molar-refractivity contribution >= 4 is 3.26 Å². The molecule has 0 radical (unpaired) electrons. The second-order valence-corrected chi connectivity index (χ2v) is 9.26. The summed E-state index contributed by atoms with van der Waals surface area (Å²) < 4.78 is 1.46. The maximum atomic E-state index is 3.30. The minimum Gasteiger partial charge on any atom is -0.214 e. The number of hydrogen-bond donors (Lipinski definition) is 0. The third-order valence-electron chi connectivity index (χ3n) is 5.30. The Labute approximate surface area is 229 Å². The van der Waals surface area contributed by atoms with E-state index >= 15 is 0 Å². The van der Waals surface area contributed by atoms with Crippen LogP contribution in [-0.4, -0.2) is 3.26 Å². The van der Waals surface area contributed by atoms with Gasteiger partial charge in [-0.3, -0.25) is 0 Å². The smallest absolute Gasteiger partial charge is 0.0253 e. The molecule has 0 aliphatic heterocycles. The molecule has 0 spiro atoms. The predicted octanol–water partition coefficient (Wildman–Crippen LogP) is 1.27. The second-order valence-electron chi connectivity index (χ2n) is 7.47. The van der Waals surface area contributed by atoms with Crippen LogP contribution >= 0.6 is 0 Å². The number of rotatable bonds is 2. The van der Waals surface area contributed by atoms with E-state index in [1.807, 2.05) is 36.4 Å². The van der Waals surface area contributed by atoms with E-state index in [1.165, 1.54) is 36.6 Å². The maximum absolute atomic E-state index is 3.30. The van der Waals surface area contributed by atoms with Crippen molar-refractivity contribution in [3.05, 3.63) is 162 Å². The molecule has 0 atom stereocenters. The summed E-state index contributed by atoms with van der Waals surface area (Å²) in [5.41, 5.74) is 8.21. The molecule has 0 saturated heterocycles. The molecule has 0 saturated carbocycles. The average Bonchev–Trinajstić information content (AvgIpc) is 3.57. The van der Waals surface area contributed by atoms with E-state index in [2.05, 4.69) is 103 Å². The van der Waals surface area contributed by atoms with E-state index in [4.69, 9.17) is 0 Å². The van der Waals surface area contributed by atoms with Gasteiger partial charge in [0.2, 0.25) is 0 Å². The van der Waals surface area contributed by atoms with Crippen LogP contribution in [0.15, 0.2) is 133 Å². The SMILES string of the molecule is [Cl-].[Cl-].[Hf+2]=[C](c1ccccc1)c1ccccc1.[c-]1cccc2c1Cc1ccccc1-2.c1cc[cH-]c1. The van der Waals surface area contributed by atoms with Crippen LogP contribution in [0.4, 0.5) is 0 Å². The first-order valence-electron chi connectivity index (χ1n) is 10.8. The monoisotopic (exact) mass is 646 g/mol. The Morgan fingerprint density at radius 1 is 0.618 bits per heavy atom. The topological polar surface area (TPSA) is 0 Å². The van der Waals surface area contributed by atoms with E-state index in [0.29, 0.717) is 0 Å². The molecule has 0 aromatic heterocycles. The fraction of sp³-hybridized carbons (Fsp3) is 0.0323. The zero-order chi connectivity index (χ0) is 22.0. The Kier molecular flexibility index (Phi) is 12.0. The van der Waals surface area contributed by atoms with E-state index in [9.17, 15) is 0 Å². The summed E-state index contributed by atoms with van der Waals surface area (Å²) in [6.07, 6.45) is 1.05. The molecular weight excluding hydrogens is 622 g/mol. The molecule has 0 N–H and O–H groups in total. The van der Waals surface area contributed by atoms with Crippen LogP contribution in [0.5, 0.6) is 0 Å². The Morgan fingerprint density at radius 2 is 1.15 bits per heavy atom. The van der Waals surface area contributed by atoms with Crippen molar-refractivity contribution in [3.8, 4) is 11.1 Å². The maximum Gasteiger partial charge on any atom is -0.0253 e. The van der Waals surface area contributed by atoms with Gasteiger partial charge >= 0.3 is 98.9 Å². The van der Waals surface area contributed by atoms with Gasteiger partial charge in [-0.2, -0.15) is 48.0 Å². The summed E-state index contributed by atoms with van der Waals surface area (Å²) in [4.78, 5) is 0. The fourth-order valence-electron chi connectivity index (χ4n) is 3.69. The van der Waals surface area contributed by atoms with Gasteiger partial charge in [0, 0.05) is 0 Å². The Bertz CT molecular complexity index is 1140. The van der Waals surface area contributed by atoms with Gasteiger partial charge in [0.25, 0.3) is 0 Å². The second kappa shape index (κ2) is 14.7. The minimum atomic E-state index is 0. The zero-order valence-electron chi connectivity index (χ0n) is 18.7. The third kappa shape index (κ3) is 7.53. The first kappa shape index (κ1) is 27.8. The van der Waals surface area contributed by atoms with Gasteiger partial charge in [0.1, 0.15) is 0 Å². The fourth-order valence-corrected chi connectivity index (χ4v) is 4.89. The summed E-state index contributed by atoms with van der Waals surface area (Å²) in [6.45, 7) is 0. The van der Waals surface area contributed by atoms with Crippen LogP contribution < -0.4 is 24.8 Å². The van der Waals surface area contributed by atoms with Crippen molar-refractivity contribution in [3.63, 3.8) is 0 Å². The van der Waals surface area contributed by atoms with Gasteiger partial charge in [0.05, 0.1) is 0 Å². The van der Waals surface area contributed by atoms with Crippen LogP contribution in [0.25, 0.3) is 11.1 Å². The van der Waals surface area contributed by atoms with Gasteiger partial charge in [-0.15, -0.1) is 5.56 Å². The number of hydrogen-bond acceptors (Lipinski definition) is 0. The van der Waals surface area contributed by atoms with E-state index < -0.39 is 0 Å². The van der Waals surface area contributed by atoms with Crippen LogP contribution in [0.2, 0.25) is 0 Å². The molecule has 0 nitrogen and oxygen atoms in total. The van der Waals surface area contributed by atoms with Gasteiger partial charge in [-0.1, -0.05) is 35.4 Å². The molecule has 0 fully saturated rings. The van der Waals surface area contributed by atoms with Crippen molar-refractivity contribution < 1.29 is 48.7 Å². The molecular formula is C31H24Cl2Hf-2. The Morgan fingerprint density at radius 3 is 1.71 bits per heavy atom. The number of halogens is 2. The molecule has 1 aliphatic rings. The molecule has 34 heavy (non-hydrogen) atoms. The van der Waals surface area contributed by atoms with E-state index in [1.54, 1.807) is 0 Å². The van der Waals surface area contributed by atoms with Gasteiger partial charge < -0.3 is 24.8 Å². The van der Waals surface area contributed by atoms with Crippen LogP contribution in [-0.2, 0) is 30.3 Å². The molecule has 6 rings (SSSR count). The van der Waals surface area contributed by atoms with Crippen LogP contribution in [0.3, 0.4) is 0 Å². The molecule has 5 aromatic rings. The first-order valence-corrected chi connectivity index (χ1v) is 12.6. The van der Waals surface area contributed by atoms with Crippen molar-refractivity contribution in [1.29, 1.82) is 0 Å². The minimum absolute atomic E-state index is 0. The molecule has 0 amide bonds.